The summed E-state index contributed by atoms with van der Waals surface area (Å²) in [5.74, 6) is 0.130. The number of esters is 1. The quantitative estimate of drug-likeness (QED) is 0.777. The molecule has 0 aliphatic heterocycles. The van der Waals surface area contributed by atoms with Crippen LogP contribution in [0.25, 0.3) is 0 Å². The van der Waals surface area contributed by atoms with E-state index in [9.17, 15) is 4.79 Å². The molecule has 0 spiro atoms. The van der Waals surface area contributed by atoms with E-state index in [1.807, 2.05) is 31.4 Å². The predicted molar refractivity (Wildman–Crippen MR) is 66.4 cm³/mol. The Kier molecular flexibility index (Phi) is 5.49. The first-order chi connectivity index (χ1) is 7.59. The van der Waals surface area contributed by atoms with E-state index in [2.05, 4.69) is 0 Å². The molecule has 1 rings (SSSR count). The van der Waals surface area contributed by atoms with Crippen LogP contribution in [0, 0.1) is 5.92 Å². The summed E-state index contributed by atoms with van der Waals surface area (Å²) in [5.41, 5.74) is 5.71. The molecular weight excluding hydrogens is 222 g/mol. The van der Waals surface area contributed by atoms with Gasteiger partial charge in [0.2, 0.25) is 0 Å². The second-order valence-corrected chi connectivity index (χ2v) is 5.27. The summed E-state index contributed by atoms with van der Waals surface area (Å²) >= 11 is 1.67. The van der Waals surface area contributed by atoms with Gasteiger partial charge in [0.15, 0.2) is 0 Å². The Labute approximate surface area is 101 Å². The third-order valence-electron chi connectivity index (χ3n) is 2.20. The van der Waals surface area contributed by atoms with E-state index in [0.717, 1.165) is 6.42 Å². The number of ether oxygens (including phenoxy) is 1. The van der Waals surface area contributed by atoms with Gasteiger partial charge in [-0.2, -0.15) is 0 Å². The van der Waals surface area contributed by atoms with Gasteiger partial charge in [0, 0.05) is 11.3 Å². The number of nitrogens with two attached hydrogens (primary N) is 1. The maximum absolute atomic E-state index is 11.5. The second-order valence-electron chi connectivity index (χ2n) is 4.23. The first kappa shape index (κ1) is 13.2. The van der Waals surface area contributed by atoms with Crippen molar-refractivity contribution in [2.24, 2.45) is 11.7 Å². The molecule has 3 nitrogen and oxygen atoms in total. The van der Waals surface area contributed by atoms with Gasteiger partial charge in [-0.1, -0.05) is 19.9 Å². The van der Waals surface area contributed by atoms with E-state index < -0.39 is 6.04 Å². The molecule has 0 aliphatic carbocycles. The molecule has 1 heterocycles. The summed E-state index contributed by atoms with van der Waals surface area (Å²) in [5, 5.41) is 2.02. The lowest BCUT2D eigenvalue weighted by atomic mass is 10.1. The molecular formula is C12H19NO2S. The zero-order valence-corrected chi connectivity index (χ0v) is 10.6. The van der Waals surface area contributed by atoms with Crippen LogP contribution in [0.5, 0.6) is 0 Å². The minimum Gasteiger partial charge on any atom is -0.464 e. The first-order valence-corrected chi connectivity index (χ1v) is 6.42. The zero-order chi connectivity index (χ0) is 12.0. The van der Waals surface area contributed by atoms with Gasteiger partial charge < -0.3 is 10.5 Å². The average Bonchev–Trinajstić information content (AvgIpc) is 2.69. The predicted octanol–water partition coefficient (Wildman–Crippen LogP) is 2.21. The zero-order valence-electron chi connectivity index (χ0n) is 9.81. The number of rotatable bonds is 6. The molecule has 16 heavy (non-hydrogen) atoms. The fourth-order valence-electron chi connectivity index (χ4n) is 1.42. The van der Waals surface area contributed by atoms with Gasteiger partial charge in [0.05, 0.1) is 6.61 Å². The van der Waals surface area contributed by atoms with E-state index in [4.69, 9.17) is 10.5 Å². The van der Waals surface area contributed by atoms with Crippen molar-refractivity contribution in [3.8, 4) is 0 Å². The van der Waals surface area contributed by atoms with Crippen molar-refractivity contribution in [3.05, 3.63) is 22.4 Å². The molecule has 1 aromatic rings. The summed E-state index contributed by atoms with van der Waals surface area (Å²) in [6, 6.07) is 3.54. The van der Waals surface area contributed by atoms with E-state index in [1.165, 1.54) is 4.88 Å². The minimum atomic E-state index is -0.483. The Morgan fingerprint density at radius 2 is 2.31 bits per heavy atom. The smallest absolute Gasteiger partial charge is 0.322 e. The number of thiophene rings is 1. The molecule has 0 radical (unpaired) electrons. The van der Waals surface area contributed by atoms with Crippen LogP contribution < -0.4 is 5.73 Å². The van der Waals surface area contributed by atoms with Gasteiger partial charge in [0.25, 0.3) is 0 Å². The number of carbonyl (C=O) groups excluding carboxylic acids is 1. The molecule has 0 saturated heterocycles. The van der Waals surface area contributed by atoms with Crippen LogP contribution in [-0.4, -0.2) is 18.6 Å². The van der Waals surface area contributed by atoms with E-state index in [0.29, 0.717) is 18.9 Å². The minimum absolute atomic E-state index is 0.287. The third kappa shape index (κ3) is 4.77. The van der Waals surface area contributed by atoms with Crippen LogP contribution >= 0.6 is 11.3 Å². The molecule has 0 aliphatic rings. The van der Waals surface area contributed by atoms with Crippen LogP contribution in [0.3, 0.4) is 0 Å². The van der Waals surface area contributed by atoms with Gasteiger partial charge in [0.1, 0.15) is 6.04 Å². The van der Waals surface area contributed by atoms with Crippen molar-refractivity contribution in [2.75, 3.05) is 6.61 Å². The second kappa shape index (κ2) is 6.66. The maximum Gasteiger partial charge on any atom is 0.322 e. The van der Waals surface area contributed by atoms with Crippen molar-refractivity contribution in [2.45, 2.75) is 32.7 Å². The first-order valence-electron chi connectivity index (χ1n) is 5.54. The van der Waals surface area contributed by atoms with Gasteiger partial charge in [-0.25, -0.2) is 0 Å². The van der Waals surface area contributed by atoms with Crippen molar-refractivity contribution in [3.63, 3.8) is 0 Å². The Morgan fingerprint density at radius 1 is 1.56 bits per heavy atom. The van der Waals surface area contributed by atoms with Crippen LogP contribution in [-0.2, 0) is 16.0 Å². The van der Waals surface area contributed by atoms with Crippen molar-refractivity contribution in [1.82, 2.24) is 0 Å². The highest BCUT2D eigenvalue weighted by atomic mass is 32.1. The lowest BCUT2D eigenvalue weighted by molar-refractivity contribution is -0.145. The summed E-state index contributed by atoms with van der Waals surface area (Å²) < 4.78 is 5.12. The molecule has 0 aromatic carbocycles. The molecule has 1 atom stereocenters. The van der Waals surface area contributed by atoms with Crippen molar-refractivity contribution >= 4 is 17.3 Å². The Bertz CT molecular complexity index is 309. The molecule has 0 unspecified atom stereocenters. The van der Waals surface area contributed by atoms with Gasteiger partial charge in [-0.3, -0.25) is 4.79 Å². The topological polar surface area (TPSA) is 52.3 Å². The fourth-order valence-corrected chi connectivity index (χ4v) is 2.11. The summed E-state index contributed by atoms with van der Waals surface area (Å²) in [4.78, 5) is 12.7. The maximum atomic E-state index is 11.5. The number of hydrogen-bond donors (Lipinski definition) is 1. The lowest BCUT2D eigenvalue weighted by Gasteiger charge is -2.12. The average molecular weight is 241 g/mol. The third-order valence-corrected chi connectivity index (χ3v) is 3.14. The Morgan fingerprint density at radius 3 is 2.88 bits per heavy atom. The van der Waals surface area contributed by atoms with Gasteiger partial charge >= 0.3 is 5.97 Å². The normalized spacial score (nSPS) is 12.8. The highest BCUT2D eigenvalue weighted by molar-refractivity contribution is 7.09. The van der Waals surface area contributed by atoms with E-state index >= 15 is 0 Å². The molecule has 0 saturated carbocycles. The largest absolute Gasteiger partial charge is 0.464 e. The molecule has 1 aromatic heterocycles. The van der Waals surface area contributed by atoms with Gasteiger partial charge in [-0.15, -0.1) is 11.3 Å². The van der Waals surface area contributed by atoms with E-state index in [1.54, 1.807) is 11.3 Å². The monoisotopic (exact) mass is 241 g/mol. The number of carbonyl (C=O) groups is 1. The molecule has 0 fully saturated rings. The summed E-state index contributed by atoms with van der Waals surface area (Å²) in [6.07, 6.45) is 1.45. The molecule has 90 valence electrons. The van der Waals surface area contributed by atoms with Crippen LogP contribution in [0.1, 0.15) is 25.1 Å². The Balaban J connectivity index is 2.19. The molecule has 0 bridgehead atoms. The van der Waals surface area contributed by atoms with Gasteiger partial charge in [-0.05, 0) is 23.8 Å². The molecule has 0 amide bonds. The molecule has 2 N–H and O–H groups in total. The standard InChI is InChI=1S/C12H19NO2S/c1-9(2)8-11(13)12(14)15-6-5-10-4-3-7-16-10/h3-4,7,9,11H,5-6,8,13H2,1-2H3/t11-/m1/s1. The van der Waals surface area contributed by atoms with Crippen LogP contribution in [0.15, 0.2) is 17.5 Å². The van der Waals surface area contributed by atoms with Crippen molar-refractivity contribution < 1.29 is 9.53 Å². The lowest BCUT2D eigenvalue weighted by Crippen LogP contribution is -2.33. The van der Waals surface area contributed by atoms with Crippen LogP contribution in [0.4, 0.5) is 0 Å². The summed E-state index contributed by atoms with van der Waals surface area (Å²) in [6.45, 7) is 4.50. The SMILES string of the molecule is CC(C)C[C@@H](N)C(=O)OCCc1cccs1. The highest BCUT2D eigenvalue weighted by Gasteiger charge is 2.16. The van der Waals surface area contributed by atoms with Crippen molar-refractivity contribution in [1.29, 1.82) is 0 Å². The number of hydrogen-bond acceptors (Lipinski definition) is 4. The highest BCUT2D eigenvalue weighted by Crippen LogP contribution is 2.09. The fraction of sp³-hybridized carbons (Fsp3) is 0.583. The molecule has 4 heteroatoms. The van der Waals surface area contributed by atoms with Crippen LogP contribution in [0.2, 0.25) is 0 Å². The summed E-state index contributed by atoms with van der Waals surface area (Å²) in [7, 11) is 0. The van der Waals surface area contributed by atoms with E-state index in [-0.39, 0.29) is 5.97 Å². The Hall–Kier alpha value is -0.870.